The van der Waals surface area contributed by atoms with Gasteiger partial charge in [0, 0.05) is 16.6 Å². The molecule has 0 radical (unpaired) electrons. The van der Waals surface area contributed by atoms with Crippen LogP contribution in [0.4, 0.5) is 10.1 Å². The molecule has 0 amide bonds. The Labute approximate surface area is 135 Å². The van der Waals surface area contributed by atoms with Gasteiger partial charge < -0.3 is 9.47 Å². The summed E-state index contributed by atoms with van der Waals surface area (Å²) in [7, 11) is -3.82. The number of rotatable bonds is 3. The van der Waals surface area contributed by atoms with Crippen LogP contribution in [0.1, 0.15) is 0 Å². The molecule has 0 spiro atoms. The number of anilines is 1. The van der Waals surface area contributed by atoms with Crippen LogP contribution in [-0.2, 0) is 10.0 Å². The molecule has 0 aromatic heterocycles. The van der Waals surface area contributed by atoms with Gasteiger partial charge in [0.05, 0.1) is 10.6 Å². The molecule has 0 fully saturated rings. The Morgan fingerprint density at radius 1 is 1.05 bits per heavy atom. The number of benzene rings is 2. The predicted octanol–water partition coefficient (Wildman–Crippen LogP) is 3.16. The van der Waals surface area contributed by atoms with Crippen LogP contribution in [0.2, 0.25) is 0 Å². The van der Waals surface area contributed by atoms with Gasteiger partial charge in [0.2, 0.25) is 0 Å². The van der Waals surface area contributed by atoms with Crippen molar-refractivity contribution in [1.82, 2.24) is 0 Å². The summed E-state index contributed by atoms with van der Waals surface area (Å²) in [5.74, 6) is 0.508. The summed E-state index contributed by atoms with van der Waals surface area (Å²) >= 11 is 3.29. The van der Waals surface area contributed by atoms with E-state index < -0.39 is 15.8 Å². The lowest BCUT2D eigenvalue weighted by Crippen LogP contribution is -2.17. The molecule has 116 valence electrons. The average Bonchev–Trinajstić information content (AvgIpc) is 2.48. The number of hydrogen-bond donors (Lipinski definition) is 1. The molecule has 2 aromatic carbocycles. The summed E-state index contributed by atoms with van der Waals surface area (Å²) in [6.45, 7) is 0.846. The van der Waals surface area contributed by atoms with Crippen molar-refractivity contribution in [3.05, 3.63) is 46.7 Å². The lowest BCUT2D eigenvalue weighted by atomic mass is 10.2. The minimum atomic E-state index is -3.82. The summed E-state index contributed by atoms with van der Waals surface area (Å²) in [6, 6.07) is 7.75. The standard InChI is InChI=1S/C14H11BrFNO4S/c15-11-7-13-14(21-6-5-20-13)8-12(11)17-22(18,19)10-3-1-9(16)2-4-10/h1-4,7-8,17H,5-6H2. The van der Waals surface area contributed by atoms with Gasteiger partial charge in [-0.25, -0.2) is 12.8 Å². The molecule has 8 heteroatoms. The molecule has 22 heavy (non-hydrogen) atoms. The zero-order valence-corrected chi connectivity index (χ0v) is 13.6. The maximum atomic E-state index is 12.9. The van der Waals surface area contributed by atoms with Crippen LogP contribution in [0.25, 0.3) is 0 Å². The Morgan fingerprint density at radius 3 is 2.27 bits per heavy atom. The van der Waals surface area contributed by atoms with E-state index in [0.717, 1.165) is 12.1 Å². The molecule has 1 aliphatic rings. The molecule has 3 rings (SSSR count). The van der Waals surface area contributed by atoms with E-state index in [1.165, 1.54) is 12.1 Å². The van der Waals surface area contributed by atoms with Crippen LogP contribution in [-0.4, -0.2) is 21.6 Å². The van der Waals surface area contributed by atoms with E-state index in [9.17, 15) is 12.8 Å². The van der Waals surface area contributed by atoms with E-state index in [4.69, 9.17) is 9.47 Å². The third kappa shape index (κ3) is 3.02. The van der Waals surface area contributed by atoms with Gasteiger partial charge in [0.1, 0.15) is 19.0 Å². The molecule has 1 aliphatic heterocycles. The van der Waals surface area contributed by atoms with E-state index >= 15 is 0 Å². The van der Waals surface area contributed by atoms with E-state index in [-0.39, 0.29) is 4.90 Å². The van der Waals surface area contributed by atoms with Crippen LogP contribution >= 0.6 is 15.9 Å². The summed E-state index contributed by atoms with van der Waals surface area (Å²) in [4.78, 5) is -0.0318. The highest BCUT2D eigenvalue weighted by Gasteiger charge is 2.19. The van der Waals surface area contributed by atoms with Gasteiger partial charge in [-0.1, -0.05) is 0 Å². The van der Waals surface area contributed by atoms with Crippen molar-refractivity contribution in [3.8, 4) is 11.5 Å². The minimum Gasteiger partial charge on any atom is -0.486 e. The van der Waals surface area contributed by atoms with Gasteiger partial charge in [-0.3, -0.25) is 4.72 Å². The number of nitrogens with one attached hydrogen (secondary N) is 1. The van der Waals surface area contributed by atoms with Gasteiger partial charge in [-0.05, 0) is 40.2 Å². The normalized spacial score (nSPS) is 13.7. The summed E-state index contributed by atoms with van der Waals surface area (Å²) in [6.07, 6.45) is 0. The van der Waals surface area contributed by atoms with Gasteiger partial charge in [0.25, 0.3) is 10.0 Å². The summed E-state index contributed by atoms with van der Waals surface area (Å²) in [5, 5.41) is 0. The molecule has 0 saturated heterocycles. The largest absolute Gasteiger partial charge is 0.486 e. The van der Waals surface area contributed by atoms with Crippen molar-refractivity contribution in [1.29, 1.82) is 0 Å². The first-order valence-electron chi connectivity index (χ1n) is 6.33. The fourth-order valence-corrected chi connectivity index (χ4v) is 3.58. The Balaban J connectivity index is 1.93. The number of hydrogen-bond acceptors (Lipinski definition) is 4. The SMILES string of the molecule is O=S(=O)(Nc1cc2c(cc1Br)OCCO2)c1ccc(F)cc1. The second kappa shape index (κ2) is 5.77. The lowest BCUT2D eigenvalue weighted by Gasteiger charge is -2.20. The fraction of sp³-hybridized carbons (Fsp3) is 0.143. The van der Waals surface area contributed by atoms with E-state index in [1.807, 2.05) is 0 Å². The maximum absolute atomic E-state index is 12.9. The first-order chi connectivity index (χ1) is 10.5. The van der Waals surface area contributed by atoms with Crippen molar-refractivity contribution in [2.45, 2.75) is 4.90 Å². The minimum absolute atomic E-state index is 0.0318. The fourth-order valence-electron chi connectivity index (χ4n) is 1.96. The maximum Gasteiger partial charge on any atom is 0.261 e. The van der Waals surface area contributed by atoms with Gasteiger partial charge in [0.15, 0.2) is 11.5 Å². The number of ether oxygens (including phenoxy) is 2. The third-order valence-electron chi connectivity index (χ3n) is 3.00. The molecule has 0 atom stereocenters. The lowest BCUT2D eigenvalue weighted by molar-refractivity contribution is 0.171. The predicted molar refractivity (Wildman–Crippen MR) is 82.3 cm³/mol. The molecule has 1 N–H and O–H groups in total. The van der Waals surface area contributed by atoms with Gasteiger partial charge >= 0.3 is 0 Å². The van der Waals surface area contributed by atoms with Gasteiger partial charge in [-0.2, -0.15) is 0 Å². The Kier molecular flexibility index (Phi) is 3.96. The second-order valence-electron chi connectivity index (χ2n) is 4.54. The van der Waals surface area contributed by atoms with E-state index in [2.05, 4.69) is 20.7 Å². The second-order valence-corrected chi connectivity index (χ2v) is 7.07. The quantitative estimate of drug-likeness (QED) is 0.878. The van der Waals surface area contributed by atoms with E-state index in [1.54, 1.807) is 12.1 Å². The van der Waals surface area contributed by atoms with Crippen molar-refractivity contribution >= 4 is 31.6 Å². The van der Waals surface area contributed by atoms with Crippen molar-refractivity contribution in [3.63, 3.8) is 0 Å². The smallest absolute Gasteiger partial charge is 0.261 e. The Bertz CT molecular complexity index is 808. The molecule has 5 nitrogen and oxygen atoms in total. The highest BCUT2D eigenvalue weighted by atomic mass is 79.9. The number of fused-ring (bicyclic) bond motifs is 1. The molecule has 1 heterocycles. The molecule has 0 unspecified atom stereocenters. The van der Waals surface area contributed by atoms with Crippen LogP contribution in [0.3, 0.4) is 0 Å². The van der Waals surface area contributed by atoms with E-state index in [0.29, 0.717) is 34.9 Å². The highest BCUT2D eigenvalue weighted by Crippen LogP contribution is 2.38. The molecular weight excluding hydrogens is 377 g/mol. The first-order valence-corrected chi connectivity index (χ1v) is 8.61. The summed E-state index contributed by atoms with van der Waals surface area (Å²) in [5.41, 5.74) is 0.313. The molecule has 0 bridgehead atoms. The summed E-state index contributed by atoms with van der Waals surface area (Å²) < 4.78 is 51.3. The zero-order chi connectivity index (χ0) is 15.7. The monoisotopic (exact) mass is 387 g/mol. The molecular formula is C14H11BrFNO4S. The van der Waals surface area contributed by atoms with Gasteiger partial charge in [-0.15, -0.1) is 0 Å². The van der Waals surface area contributed by atoms with Crippen molar-refractivity contribution in [2.24, 2.45) is 0 Å². The van der Waals surface area contributed by atoms with Crippen LogP contribution in [0.15, 0.2) is 45.8 Å². The third-order valence-corrected chi connectivity index (χ3v) is 5.04. The Morgan fingerprint density at radius 2 is 1.64 bits per heavy atom. The molecule has 2 aromatic rings. The van der Waals surface area contributed by atoms with Crippen molar-refractivity contribution in [2.75, 3.05) is 17.9 Å². The first kappa shape index (κ1) is 15.1. The molecule has 0 saturated carbocycles. The number of sulfonamides is 1. The van der Waals surface area contributed by atoms with Crippen LogP contribution in [0, 0.1) is 5.82 Å². The van der Waals surface area contributed by atoms with Crippen LogP contribution < -0.4 is 14.2 Å². The highest BCUT2D eigenvalue weighted by molar-refractivity contribution is 9.10. The number of halogens is 2. The van der Waals surface area contributed by atoms with Crippen LogP contribution in [0.5, 0.6) is 11.5 Å². The average molecular weight is 388 g/mol. The molecule has 0 aliphatic carbocycles. The van der Waals surface area contributed by atoms with Crippen molar-refractivity contribution < 1.29 is 22.3 Å². The zero-order valence-electron chi connectivity index (χ0n) is 11.2. The topological polar surface area (TPSA) is 64.6 Å². The Hall–Kier alpha value is -1.80.